The molecule has 2 atom stereocenters. The second-order valence-electron chi connectivity index (χ2n) is 7.31. The Hall–Kier alpha value is -2.37. The minimum Gasteiger partial charge on any atom is -0.481 e. The number of likely N-dealkylation sites (tertiary alicyclic amines) is 1. The molecule has 1 N–H and O–H groups in total. The van der Waals surface area contributed by atoms with Crippen molar-refractivity contribution < 1.29 is 14.7 Å². The summed E-state index contributed by atoms with van der Waals surface area (Å²) in [5, 5.41) is 13.4. The molecule has 1 aliphatic rings. The average Bonchev–Trinajstić information content (AvgIpc) is 2.72. The highest BCUT2D eigenvalue weighted by Crippen LogP contribution is 2.25. The topological polar surface area (TPSA) is 62.1 Å². The lowest BCUT2D eigenvalue weighted by atomic mass is 9.89. The maximum Gasteiger partial charge on any atom is 0.307 e. The Morgan fingerprint density at radius 3 is 2.69 bits per heavy atom. The molecule has 0 amide bonds. The molecule has 2 aromatic rings. The Kier molecular flexibility index (Phi) is 9.16. The van der Waals surface area contributed by atoms with Gasteiger partial charge >= 0.3 is 5.97 Å². The fraction of sp³-hybridized carbons (Fsp3) is 0.391. The van der Waals surface area contributed by atoms with Crippen molar-refractivity contribution in [3.8, 4) is 0 Å². The molecule has 0 radical (unpaired) electrons. The van der Waals surface area contributed by atoms with E-state index in [0.29, 0.717) is 19.7 Å². The number of rotatable bonds is 8. The van der Waals surface area contributed by atoms with Crippen molar-refractivity contribution in [2.45, 2.75) is 25.7 Å². The second-order valence-corrected chi connectivity index (χ2v) is 7.31. The summed E-state index contributed by atoms with van der Waals surface area (Å²) in [4.78, 5) is 18.8. The lowest BCUT2D eigenvalue weighted by Crippen LogP contribution is -2.40. The SMILES string of the molecule is Cc1ccccc1C(C=NOCCN1CCC[C@@H](C(=O)O)C1)c1ccccc1.Cl. The van der Waals surface area contributed by atoms with Gasteiger partial charge in [0.25, 0.3) is 0 Å². The van der Waals surface area contributed by atoms with Crippen LogP contribution in [0.5, 0.6) is 0 Å². The van der Waals surface area contributed by atoms with Crippen LogP contribution in [0.2, 0.25) is 0 Å². The van der Waals surface area contributed by atoms with Gasteiger partial charge in [0.1, 0.15) is 6.61 Å². The van der Waals surface area contributed by atoms with E-state index in [9.17, 15) is 9.90 Å². The molecule has 5 nitrogen and oxygen atoms in total. The maximum absolute atomic E-state index is 11.2. The fourth-order valence-corrected chi connectivity index (χ4v) is 3.73. The standard InChI is InChI=1S/C23H28N2O3.ClH/c1-18-8-5-6-12-21(18)22(19-9-3-2-4-10-19)16-24-28-15-14-25-13-7-11-20(17-25)23(26)27;/h2-6,8-10,12,16,20,22H,7,11,13-15,17H2,1H3,(H,26,27);1H/t20-,22?;/m1./s1. The highest BCUT2D eigenvalue weighted by Gasteiger charge is 2.25. The number of aliphatic carboxylic acids is 1. The second kappa shape index (κ2) is 11.6. The van der Waals surface area contributed by atoms with Crippen molar-refractivity contribution in [3.63, 3.8) is 0 Å². The van der Waals surface area contributed by atoms with E-state index in [0.717, 1.165) is 19.4 Å². The average molecular weight is 417 g/mol. The van der Waals surface area contributed by atoms with Crippen LogP contribution in [0, 0.1) is 12.8 Å². The van der Waals surface area contributed by atoms with Gasteiger partial charge < -0.3 is 9.94 Å². The van der Waals surface area contributed by atoms with Crippen molar-refractivity contribution in [1.82, 2.24) is 4.90 Å². The zero-order chi connectivity index (χ0) is 19.8. The molecule has 2 aromatic carbocycles. The molecule has 1 aliphatic heterocycles. The van der Waals surface area contributed by atoms with E-state index in [1.165, 1.54) is 16.7 Å². The van der Waals surface area contributed by atoms with Gasteiger partial charge in [0.15, 0.2) is 0 Å². The summed E-state index contributed by atoms with van der Waals surface area (Å²) < 4.78 is 0. The van der Waals surface area contributed by atoms with Crippen LogP contribution < -0.4 is 0 Å². The van der Waals surface area contributed by atoms with Crippen molar-refractivity contribution in [1.29, 1.82) is 0 Å². The number of oxime groups is 1. The summed E-state index contributed by atoms with van der Waals surface area (Å²) in [7, 11) is 0. The largest absolute Gasteiger partial charge is 0.481 e. The zero-order valence-electron chi connectivity index (χ0n) is 16.7. The number of halogens is 1. The molecule has 1 fully saturated rings. The van der Waals surface area contributed by atoms with Crippen LogP contribution in [0.3, 0.4) is 0 Å². The monoisotopic (exact) mass is 416 g/mol. The first-order valence-corrected chi connectivity index (χ1v) is 9.86. The van der Waals surface area contributed by atoms with Crippen LogP contribution in [-0.2, 0) is 9.63 Å². The summed E-state index contributed by atoms with van der Waals surface area (Å²) in [6, 6.07) is 18.6. The molecule has 0 aliphatic carbocycles. The third-order valence-electron chi connectivity index (χ3n) is 5.32. The summed E-state index contributed by atoms with van der Waals surface area (Å²) in [5.41, 5.74) is 3.60. The van der Waals surface area contributed by atoms with E-state index in [-0.39, 0.29) is 24.2 Å². The highest BCUT2D eigenvalue weighted by molar-refractivity contribution is 5.85. The first-order chi connectivity index (χ1) is 13.6. The number of benzene rings is 2. The van der Waals surface area contributed by atoms with Gasteiger partial charge in [-0.15, -0.1) is 12.4 Å². The molecule has 0 aromatic heterocycles. The molecule has 0 bridgehead atoms. The van der Waals surface area contributed by atoms with E-state index in [4.69, 9.17) is 4.84 Å². The van der Waals surface area contributed by atoms with E-state index >= 15 is 0 Å². The fourth-order valence-electron chi connectivity index (χ4n) is 3.73. The molecule has 0 saturated carbocycles. The molecule has 3 rings (SSSR count). The number of carbonyl (C=O) groups is 1. The first kappa shape index (κ1) is 22.9. The smallest absolute Gasteiger partial charge is 0.307 e. The summed E-state index contributed by atoms with van der Waals surface area (Å²) in [5.74, 6) is -0.929. The number of hydrogen-bond donors (Lipinski definition) is 1. The van der Waals surface area contributed by atoms with E-state index in [1.54, 1.807) is 0 Å². The van der Waals surface area contributed by atoms with Gasteiger partial charge in [-0.3, -0.25) is 9.69 Å². The predicted molar refractivity (Wildman–Crippen MR) is 118 cm³/mol. The van der Waals surface area contributed by atoms with Gasteiger partial charge in [-0.2, -0.15) is 0 Å². The van der Waals surface area contributed by atoms with E-state index in [2.05, 4.69) is 41.2 Å². The Labute approximate surface area is 178 Å². The molecule has 156 valence electrons. The van der Waals surface area contributed by atoms with Gasteiger partial charge in [0.2, 0.25) is 0 Å². The molecule has 0 spiro atoms. The minimum atomic E-state index is -0.701. The number of carboxylic acids is 1. The molecule has 1 unspecified atom stereocenters. The Morgan fingerprint density at radius 1 is 1.24 bits per heavy atom. The number of aryl methyl sites for hydroxylation is 1. The lowest BCUT2D eigenvalue weighted by Gasteiger charge is -2.29. The highest BCUT2D eigenvalue weighted by atomic mass is 35.5. The van der Waals surface area contributed by atoms with Crippen LogP contribution in [0.15, 0.2) is 59.8 Å². The van der Waals surface area contributed by atoms with Gasteiger partial charge in [0, 0.05) is 19.0 Å². The van der Waals surface area contributed by atoms with Crippen LogP contribution in [0.4, 0.5) is 0 Å². The lowest BCUT2D eigenvalue weighted by molar-refractivity contribution is -0.143. The van der Waals surface area contributed by atoms with Crippen molar-refractivity contribution in [2.75, 3.05) is 26.2 Å². The number of hydrogen-bond acceptors (Lipinski definition) is 4. The Bertz CT molecular complexity index is 798. The van der Waals surface area contributed by atoms with E-state index < -0.39 is 5.97 Å². The molecular weight excluding hydrogens is 388 g/mol. The summed E-state index contributed by atoms with van der Waals surface area (Å²) in [6.45, 7) is 4.78. The van der Waals surface area contributed by atoms with E-state index in [1.807, 2.05) is 36.5 Å². The molecule has 1 saturated heterocycles. The normalized spacial score (nSPS) is 18.2. The van der Waals surface area contributed by atoms with Crippen LogP contribution >= 0.6 is 12.4 Å². The third-order valence-corrected chi connectivity index (χ3v) is 5.32. The number of piperidine rings is 1. The minimum absolute atomic E-state index is 0. The molecule has 6 heteroatoms. The van der Waals surface area contributed by atoms with Crippen molar-refractivity contribution in [2.24, 2.45) is 11.1 Å². The Balaban J connectivity index is 0.00000300. The number of nitrogens with zero attached hydrogens (tertiary/aromatic N) is 2. The predicted octanol–water partition coefficient (Wildman–Crippen LogP) is 4.35. The van der Waals surface area contributed by atoms with Crippen LogP contribution in [0.1, 0.15) is 35.4 Å². The van der Waals surface area contributed by atoms with Crippen LogP contribution in [-0.4, -0.2) is 48.4 Å². The number of carboxylic acid groups (broad SMARTS) is 1. The van der Waals surface area contributed by atoms with Gasteiger partial charge in [-0.1, -0.05) is 59.8 Å². The van der Waals surface area contributed by atoms with Gasteiger partial charge in [-0.25, -0.2) is 0 Å². The van der Waals surface area contributed by atoms with Gasteiger partial charge in [-0.05, 0) is 43.0 Å². The van der Waals surface area contributed by atoms with Gasteiger partial charge in [0.05, 0.1) is 12.1 Å². The molecule has 1 heterocycles. The molecular formula is C23H29ClN2O3. The molecule has 29 heavy (non-hydrogen) atoms. The van der Waals surface area contributed by atoms with Crippen molar-refractivity contribution >= 4 is 24.6 Å². The Morgan fingerprint density at radius 2 is 1.97 bits per heavy atom. The third kappa shape index (κ3) is 6.58. The van der Waals surface area contributed by atoms with Crippen molar-refractivity contribution in [3.05, 3.63) is 71.3 Å². The quantitative estimate of drug-likeness (QED) is 0.395. The van der Waals surface area contributed by atoms with Crippen LogP contribution in [0.25, 0.3) is 0 Å². The first-order valence-electron chi connectivity index (χ1n) is 9.86. The summed E-state index contributed by atoms with van der Waals surface area (Å²) >= 11 is 0. The summed E-state index contributed by atoms with van der Waals surface area (Å²) in [6.07, 6.45) is 3.54. The zero-order valence-corrected chi connectivity index (χ0v) is 17.6. The maximum atomic E-state index is 11.2.